The second-order valence-electron chi connectivity index (χ2n) is 7.71. The zero-order chi connectivity index (χ0) is 24.5. The number of amides is 1. The highest BCUT2D eigenvalue weighted by atomic mass is 35.5. The van der Waals surface area contributed by atoms with E-state index in [0.717, 1.165) is 15.4 Å². The summed E-state index contributed by atoms with van der Waals surface area (Å²) in [6.07, 6.45) is 0. The van der Waals surface area contributed by atoms with Gasteiger partial charge in [0.1, 0.15) is 17.0 Å². The van der Waals surface area contributed by atoms with E-state index in [1.54, 1.807) is 30.3 Å². The number of benzene rings is 3. The van der Waals surface area contributed by atoms with Crippen LogP contribution in [0, 0.1) is 6.92 Å². The van der Waals surface area contributed by atoms with Crippen LogP contribution in [0.5, 0.6) is 5.75 Å². The normalized spacial score (nSPS) is 10.9. The van der Waals surface area contributed by atoms with E-state index in [9.17, 15) is 9.59 Å². The summed E-state index contributed by atoms with van der Waals surface area (Å²) < 4.78 is 11.1. The standard InChI is InChI=1S/C27H19ClN2O4S/c1-15-29-23(26(35-15)16-8-4-3-5-9-16)27(32)30-22-18-10-6-7-11-20(18)34-25(22)24(31)17-12-13-21(33-2)19(28)14-17/h3-14H,1-2H3,(H,30,32). The molecule has 0 fully saturated rings. The number of para-hydroxylation sites is 1. The van der Waals surface area contributed by atoms with Gasteiger partial charge in [0.05, 0.1) is 27.7 Å². The zero-order valence-corrected chi connectivity index (χ0v) is 20.4. The topological polar surface area (TPSA) is 81.4 Å². The molecule has 0 unspecified atom stereocenters. The average Bonchev–Trinajstić information content (AvgIpc) is 3.45. The number of carbonyl (C=O) groups excluding carboxylic acids is 2. The van der Waals surface area contributed by atoms with E-state index in [-0.39, 0.29) is 17.1 Å². The van der Waals surface area contributed by atoms with Crippen LogP contribution in [0.1, 0.15) is 31.6 Å². The van der Waals surface area contributed by atoms with Crippen molar-refractivity contribution in [2.24, 2.45) is 0 Å². The van der Waals surface area contributed by atoms with Crippen LogP contribution in [0.4, 0.5) is 5.69 Å². The second kappa shape index (κ2) is 9.37. The van der Waals surface area contributed by atoms with E-state index in [1.807, 2.05) is 43.3 Å². The number of aryl methyl sites for hydroxylation is 1. The maximum Gasteiger partial charge on any atom is 0.275 e. The molecule has 5 rings (SSSR count). The van der Waals surface area contributed by atoms with Crippen molar-refractivity contribution < 1.29 is 18.7 Å². The Balaban J connectivity index is 1.57. The van der Waals surface area contributed by atoms with Gasteiger partial charge in [-0.1, -0.05) is 54.1 Å². The third-order valence-electron chi connectivity index (χ3n) is 5.44. The fourth-order valence-electron chi connectivity index (χ4n) is 3.81. The summed E-state index contributed by atoms with van der Waals surface area (Å²) >= 11 is 7.67. The fourth-order valence-corrected chi connectivity index (χ4v) is 4.99. The van der Waals surface area contributed by atoms with E-state index in [1.165, 1.54) is 24.5 Å². The highest BCUT2D eigenvalue weighted by Gasteiger charge is 2.26. The van der Waals surface area contributed by atoms with Gasteiger partial charge in [0.25, 0.3) is 5.91 Å². The molecule has 8 heteroatoms. The molecule has 1 amide bonds. The number of nitrogens with zero attached hydrogens (tertiary/aromatic N) is 1. The van der Waals surface area contributed by atoms with Gasteiger partial charge in [-0.05, 0) is 42.8 Å². The molecule has 0 saturated heterocycles. The van der Waals surface area contributed by atoms with Gasteiger partial charge in [-0.2, -0.15) is 0 Å². The molecule has 6 nitrogen and oxygen atoms in total. The van der Waals surface area contributed by atoms with Crippen LogP contribution in [-0.4, -0.2) is 23.8 Å². The van der Waals surface area contributed by atoms with Gasteiger partial charge in [0.2, 0.25) is 5.78 Å². The van der Waals surface area contributed by atoms with Gasteiger partial charge in [-0.25, -0.2) is 4.98 Å². The molecule has 5 aromatic rings. The molecule has 0 radical (unpaired) electrons. The summed E-state index contributed by atoms with van der Waals surface area (Å²) in [7, 11) is 1.50. The largest absolute Gasteiger partial charge is 0.495 e. The van der Waals surface area contributed by atoms with E-state index >= 15 is 0 Å². The van der Waals surface area contributed by atoms with Gasteiger partial charge < -0.3 is 14.5 Å². The molecular weight excluding hydrogens is 484 g/mol. The van der Waals surface area contributed by atoms with E-state index in [2.05, 4.69) is 10.3 Å². The number of methoxy groups -OCH3 is 1. The first-order chi connectivity index (χ1) is 17.0. The summed E-state index contributed by atoms with van der Waals surface area (Å²) in [4.78, 5) is 32.1. The van der Waals surface area contributed by atoms with Gasteiger partial charge in [0.15, 0.2) is 5.76 Å². The summed E-state index contributed by atoms with van der Waals surface area (Å²) in [5, 5.41) is 4.56. The van der Waals surface area contributed by atoms with Gasteiger partial charge in [-0.15, -0.1) is 11.3 Å². The summed E-state index contributed by atoms with van der Waals surface area (Å²) in [5.74, 6) is -0.386. The first kappa shape index (κ1) is 22.8. The highest BCUT2D eigenvalue weighted by molar-refractivity contribution is 7.15. The van der Waals surface area contributed by atoms with Crippen LogP contribution >= 0.6 is 22.9 Å². The van der Waals surface area contributed by atoms with Crippen molar-refractivity contribution in [1.29, 1.82) is 0 Å². The van der Waals surface area contributed by atoms with Crippen molar-refractivity contribution in [3.8, 4) is 16.2 Å². The molecule has 174 valence electrons. The fraction of sp³-hybridized carbons (Fsp3) is 0.0741. The van der Waals surface area contributed by atoms with Crippen LogP contribution in [0.15, 0.2) is 77.2 Å². The smallest absolute Gasteiger partial charge is 0.275 e. The molecule has 0 aliphatic carbocycles. The van der Waals surface area contributed by atoms with Crippen molar-refractivity contribution >= 4 is 51.3 Å². The SMILES string of the molecule is COc1ccc(C(=O)c2oc3ccccc3c2NC(=O)c2nc(C)sc2-c2ccccc2)cc1Cl. The van der Waals surface area contributed by atoms with Crippen molar-refractivity contribution in [2.75, 3.05) is 12.4 Å². The average molecular weight is 503 g/mol. The lowest BCUT2D eigenvalue weighted by atomic mass is 10.1. The number of rotatable bonds is 6. The Labute approximate surface area is 210 Å². The maximum absolute atomic E-state index is 13.5. The Hall–Kier alpha value is -3.94. The number of thiazole rings is 1. The van der Waals surface area contributed by atoms with Crippen LogP contribution in [0.3, 0.4) is 0 Å². The van der Waals surface area contributed by atoms with Crippen LogP contribution < -0.4 is 10.1 Å². The molecule has 3 aromatic carbocycles. The minimum absolute atomic E-state index is 0.00833. The first-order valence-electron chi connectivity index (χ1n) is 10.7. The zero-order valence-electron chi connectivity index (χ0n) is 18.8. The number of fused-ring (bicyclic) bond motifs is 1. The number of halogens is 1. The Morgan fingerprint density at radius 3 is 2.51 bits per heavy atom. The predicted octanol–water partition coefficient (Wildman–Crippen LogP) is 7.01. The molecule has 0 aliphatic heterocycles. The van der Waals surface area contributed by atoms with Crippen molar-refractivity contribution in [1.82, 2.24) is 4.98 Å². The van der Waals surface area contributed by atoms with Gasteiger partial charge >= 0.3 is 0 Å². The Morgan fingerprint density at radius 1 is 1.03 bits per heavy atom. The van der Waals surface area contributed by atoms with E-state index in [4.69, 9.17) is 20.8 Å². The van der Waals surface area contributed by atoms with Crippen molar-refractivity contribution in [2.45, 2.75) is 6.92 Å². The number of anilines is 1. The monoisotopic (exact) mass is 502 g/mol. The Morgan fingerprint density at radius 2 is 1.77 bits per heavy atom. The minimum Gasteiger partial charge on any atom is -0.495 e. The molecule has 0 saturated carbocycles. The molecule has 35 heavy (non-hydrogen) atoms. The van der Waals surface area contributed by atoms with Gasteiger partial charge in [-0.3, -0.25) is 9.59 Å². The Bertz CT molecular complexity index is 1570. The lowest BCUT2D eigenvalue weighted by Crippen LogP contribution is -2.15. The maximum atomic E-state index is 13.5. The molecule has 2 heterocycles. The summed E-state index contributed by atoms with van der Waals surface area (Å²) in [6, 6.07) is 21.5. The van der Waals surface area contributed by atoms with Crippen LogP contribution in [0.2, 0.25) is 5.02 Å². The molecule has 2 aromatic heterocycles. The molecule has 1 N–H and O–H groups in total. The number of furan rings is 1. The number of aromatic nitrogens is 1. The van der Waals surface area contributed by atoms with Crippen LogP contribution in [0.25, 0.3) is 21.4 Å². The lowest BCUT2D eigenvalue weighted by molar-refractivity contribution is 0.101. The van der Waals surface area contributed by atoms with Crippen molar-refractivity contribution in [3.05, 3.63) is 99.8 Å². The quantitative estimate of drug-likeness (QED) is 0.252. The number of nitrogens with one attached hydrogen (secondary N) is 1. The van der Waals surface area contributed by atoms with Crippen molar-refractivity contribution in [3.63, 3.8) is 0 Å². The third-order valence-corrected chi connectivity index (χ3v) is 6.75. The molecule has 0 atom stereocenters. The minimum atomic E-state index is -0.429. The summed E-state index contributed by atoms with van der Waals surface area (Å²) in [6.45, 7) is 1.85. The molecule has 0 spiro atoms. The third kappa shape index (κ3) is 4.32. The predicted molar refractivity (Wildman–Crippen MR) is 138 cm³/mol. The Kier molecular flexibility index (Phi) is 6.11. The van der Waals surface area contributed by atoms with Crippen LogP contribution in [-0.2, 0) is 0 Å². The highest BCUT2D eigenvalue weighted by Crippen LogP contribution is 2.36. The number of hydrogen-bond acceptors (Lipinski definition) is 6. The van der Waals surface area contributed by atoms with E-state index < -0.39 is 11.7 Å². The number of carbonyl (C=O) groups is 2. The molecule has 0 bridgehead atoms. The second-order valence-corrected chi connectivity index (χ2v) is 9.32. The van der Waals surface area contributed by atoms with E-state index in [0.29, 0.717) is 27.3 Å². The number of ketones is 1. The summed E-state index contributed by atoms with van der Waals surface area (Å²) in [5.41, 5.74) is 2.25. The lowest BCUT2D eigenvalue weighted by Gasteiger charge is -2.08. The van der Waals surface area contributed by atoms with Gasteiger partial charge in [0, 0.05) is 10.9 Å². The molecule has 0 aliphatic rings. The first-order valence-corrected chi connectivity index (χ1v) is 11.9. The molecular formula is C27H19ClN2O4S. The number of ether oxygens (including phenoxy) is 1. The number of hydrogen-bond donors (Lipinski definition) is 1.